The lowest BCUT2D eigenvalue weighted by Gasteiger charge is -2.43. The van der Waals surface area contributed by atoms with Gasteiger partial charge in [-0.05, 0) is 24.8 Å². The third-order valence-corrected chi connectivity index (χ3v) is 6.46. The number of hydrogen-bond donors (Lipinski definition) is 1. The number of hydrogen-bond acceptors (Lipinski definition) is 3. The summed E-state index contributed by atoms with van der Waals surface area (Å²) in [4.78, 5) is 14.1. The molecule has 2 fully saturated rings. The van der Waals surface area contributed by atoms with E-state index < -0.39 is 9.84 Å². The van der Waals surface area contributed by atoms with E-state index in [4.69, 9.17) is 0 Å². The summed E-state index contributed by atoms with van der Waals surface area (Å²) in [5.41, 5.74) is 0.422. The van der Waals surface area contributed by atoms with Gasteiger partial charge < -0.3 is 10.2 Å². The molecule has 0 radical (unpaired) electrons. The van der Waals surface area contributed by atoms with Crippen molar-refractivity contribution in [2.45, 2.75) is 31.8 Å². The fourth-order valence-corrected chi connectivity index (χ4v) is 4.83. The van der Waals surface area contributed by atoms with Crippen molar-refractivity contribution in [1.29, 1.82) is 0 Å². The number of sulfone groups is 1. The van der Waals surface area contributed by atoms with Gasteiger partial charge in [0.15, 0.2) is 9.84 Å². The van der Waals surface area contributed by atoms with Crippen molar-refractivity contribution in [3.63, 3.8) is 0 Å². The van der Waals surface area contributed by atoms with Gasteiger partial charge in [-0.1, -0.05) is 24.6 Å². The number of amides is 2. The van der Waals surface area contributed by atoms with Gasteiger partial charge >= 0.3 is 6.03 Å². The van der Waals surface area contributed by atoms with E-state index in [1.54, 1.807) is 23.1 Å². The molecule has 2 aliphatic rings. The van der Waals surface area contributed by atoms with E-state index in [1.807, 2.05) is 0 Å². The molecule has 0 aromatic heterocycles. The number of urea groups is 1. The van der Waals surface area contributed by atoms with E-state index in [1.165, 1.54) is 6.07 Å². The van der Waals surface area contributed by atoms with E-state index in [0.717, 1.165) is 19.3 Å². The minimum atomic E-state index is -3.08. The van der Waals surface area contributed by atoms with Crippen LogP contribution in [0, 0.1) is 11.7 Å². The van der Waals surface area contributed by atoms with E-state index in [0.29, 0.717) is 5.56 Å². The van der Waals surface area contributed by atoms with Crippen molar-refractivity contribution < 1.29 is 17.6 Å². The Morgan fingerprint density at radius 1 is 1.30 bits per heavy atom. The molecule has 126 valence electrons. The highest BCUT2D eigenvalue weighted by Gasteiger charge is 2.40. The maximum Gasteiger partial charge on any atom is 0.317 e. The number of nitrogens with one attached hydrogen (secondary N) is 1. The van der Waals surface area contributed by atoms with E-state index in [2.05, 4.69) is 5.32 Å². The number of rotatable bonds is 3. The standard InChI is InChI=1S/C16H21FN2O3S/c17-14-7-2-1-4-13(14)10-18-16(20)19-8-9-23(21,22)11-15(19)12-5-3-6-12/h1-2,4,7,12,15H,3,5-6,8-11H2,(H,18,20). The smallest absolute Gasteiger partial charge is 0.317 e. The van der Waals surface area contributed by atoms with Gasteiger partial charge in [-0.2, -0.15) is 0 Å². The highest BCUT2D eigenvalue weighted by molar-refractivity contribution is 7.91. The average Bonchev–Trinajstić information content (AvgIpc) is 2.43. The third kappa shape index (κ3) is 3.65. The molecule has 1 aliphatic heterocycles. The molecular formula is C16H21FN2O3S. The Bertz CT molecular complexity index is 688. The van der Waals surface area contributed by atoms with Crippen LogP contribution in [0.3, 0.4) is 0 Å². The minimum Gasteiger partial charge on any atom is -0.334 e. The van der Waals surface area contributed by atoms with E-state index in [-0.39, 0.29) is 48.4 Å². The number of benzene rings is 1. The molecular weight excluding hydrogens is 319 g/mol. The molecule has 1 heterocycles. The van der Waals surface area contributed by atoms with Crippen LogP contribution in [0.2, 0.25) is 0 Å². The molecule has 1 aliphatic carbocycles. The fraction of sp³-hybridized carbons (Fsp3) is 0.562. The summed E-state index contributed by atoms with van der Waals surface area (Å²) in [6.45, 7) is 0.318. The predicted molar refractivity (Wildman–Crippen MR) is 85.1 cm³/mol. The lowest BCUT2D eigenvalue weighted by atomic mass is 9.79. The van der Waals surface area contributed by atoms with Crippen molar-refractivity contribution in [2.75, 3.05) is 18.1 Å². The zero-order valence-electron chi connectivity index (χ0n) is 12.9. The van der Waals surface area contributed by atoms with Crippen molar-refractivity contribution >= 4 is 15.9 Å². The summed E-state index contributed by atoms with van der Waals surface area (Å²) in [5.74, 6) is -0.0393. The topological polar surface area (TPSA) is 66.5 Å². The summed E-state index contributed by atoms with van der Waals surface area (Å²) < 4.78 is 37.4. The van der Waals surface area contributed by atoms with Gasteiger partial charge in [-0.15, -0.1) is 0 Å². The quantitative estimate of drug-likeness (QED) is 0.914. The van der Waals surface area contributed by atoms with Gasteiger partial charge in [0.25, 0.3) is 0 Å². The van der Waals surface area contributed by atoms with Crippen molar-refractivity contribution in [3.8, 4) is 0 Å². The lowest BCUT2D eigenvalue weighted by Crippen LogP contribution is -2.57. The molecule has 1 aromatic rings. The molecule has 1 saturated heterocycles. The number of carbonyl (C=O) groups is 1. The van der Waals surface area contributed by atoms with Crippen LogP contribution in [-0.4, -0.2) is 43.4 Å². The first kappa shape index (κ1) is 16.2. The molecule has 1 unspecified atom stereocenters. The highest BCUT2D eigenvalue weighted by Crippen LogP contribution is 2.34. The molecule has 1 aromatic carbocycles. The second kappa shape index (κ2) is 6.47. The molecule has 7 heteroatoms. The van der Waals surface area contributed by atoms with Gasteiger partial charge in [-0.25, -0.2) is 17.6 Å². The van der Waals surface area contributed by atoms with Crippen LogP contribution in [-0.2, 0) is 16.4 Å². The normalized spacial score (nSPS) is 24.0. The van der Waals surface area contributed by atoms with Gasteiger partial charge in [0.2, 0.25) is 0 Å². The lowest BCUT2D eigenvalue weighted by molar-refractivity contribution is 0.123. The maximum absolute atomic E-state index is 13.6. The van der Waals surface area contributed by atoms with E-state index >= 15 is 0 Å². The van der Waals surface area contributed by atoms with Gasteiger partial charge in [0.05, 0.1) is 17.5 Å². The first-order valence-corrected chi connectivity index (χ1v) is 9.77. The van der Waals surface area contributed by atoms with Crippen molar-refractivity contribution in [1.82, 2.24) is 10.2 Å². The predicted octanol–water partition coefficient (Wildman–Crippen LogP) is 1.93. The molecule has 5 nitrogen and oxygen atoms in total. The van der Waals surface area contributed by atoms with Gasteiger partial charge in [-0.3, -0.25) is 0 Å². The Morgan fingerprint density at radius 2 is 2.04 bits per heavy atom. The second-order valence-corrected chi connectivity index (χ2v) is 8.54. The van der Waals surface area contributed by atoms with Crippen LogP contribution in [0.4, 0.5) is 9.18 Å². The Balaban J connectivity index is 1.66. The summed E-state index contributed by atoms with van der Waals surface area (Å²) >= 11 is 0. The Labute approximate surface area is 135 Å². The van der Waals surface area contributed by atoms with Gasteiger partial charge in [0, 0.05) is 18.7 Å². The zero-order chi connectivity index (χ0) is 16.4. The molecule has 1 N–H and O–H groups in total. The molecule has 2 amide bonds. The summed E-state index contributed by atoms with van der Waals surface area (Å²) in [6.07, 6.45) is 3.03. The summed E-state index contributed by atoms with van der Waals surface area (Å²) in [5, 5.41) is 2.72. The van der Waals surface area contributed by atoms with Crippen LogP contribution in [0.5, 0.6) is 0 Å². The highest BCUT2D eigenvalue weighted by atomic mass is 32.2. The fourth-order valence-electron chi connectivity index (χ4n) is 3.22. The zero-order valence-corrected chi connectivity index (χ0v) is 13.7. The minimum absolute atomic E-state index is 0.00331. The second-order valence-electron chi connectivity index (χ2n) is 6.32. The molecule has 1 atom stereocenters. The number of nitrogens with zero attached hydrogens (tertiary/aromatic N) is 1. The van der Waals surface area contributed by atoms with Crippen LogP contribution >= 0.6 is 0 Å². The molecule has 3 rings (SSSR count). The third-order valence-electron chi connectivity index (χ3n) is 4.81. The first-order chi connectivity index (χ1) is 11.0. The summed E-state index contributed by atoms with van der Waals surface area (Å²) in [6, 6.07) is 5.74. The maximum atomic E-state index is 13.6. The Kier molecular flexibility index (Phi) is 4.57. The average molecular weight is 340 g/mol. The van der Waals surface area contributed by atoms with Crippen molar-refractivity contribution in [3.05, 3.63) is 35.6 Å². The van der Waals surface area contributed by atoms with Crippen LogP contribution in [0.25, 0.3) is 0 Å². The first-order valence-electron chi connectivity index (χ1n) is 7.94. The Hall–Kier alpha value is -1.63. The van der Waals surface area contributed by atoms with Crippen molar-refractivity contribution in [2.24, 2.45) is 5.92 Å². The SMILES string of the molecule is O=C(NCc1ccccc1F)N1CCS(=O)(=O)CC1C1CCC1. The monoisotopic (exact) mass is 340 g/mol. The molecule has 23 heavy (non-hydrogen) atoms. The van der Waals surface area contributed by atoms with Gasteiger partial charge in [0.1, 0.15) is 5.82 Å². The molecule has 1 saturated carbocycles. The van der Waals surface area contributed by atoms with Crippen LogP contribution in [0.15, 0.2) is 24.3 Å². The number of carbonyl (C=O) groups excluding carboxylic acids is 1. The van der Waals surface area contributed by atoms with Crippen LogP contribution < -0.4 is 5.32 Å². The largest absolute Gasteiger partial charge is 0.334 e. The van der Waals surface area contributed by atoms with E-state index in [9.17, 15) is 17.6 Å². The number of halogens is 1. The van der Waals surface area contributed by atoms with Crippen LogP contribution in [0.1, 0.15) is 24.8 Å². The Morgan fingerprint density at radius 3 is 2.70 bits per heavy atom. The molecule has 0 spiro atoms. The summed E-state index contributed by atoms with van der Waals surface area (Å²) in [7, 11) is -3.08. The molecule has 0 bridgehead atoms.